The highest BCUT2D eigenvalue weighted by Crippen LogP contribution is 2.29. The molecule has 0 aliphatic carbocycles. The van der Waals surface area contributed by atoms with Gasteiger partial charge in [-0.2, -0.15) is 0 Å². The van der Waals surface area contributed by atoms with Crippen molar-refractivity contribution in [3.8, 4) is 0 Å². The molecule has 2 aromatic rings. The molecule has 1 amide bonds. The second kappa shape index (κ2) is 6.38. The highest BCUT2D eigenvalue weighted by molar-refractivity contribution is 7.20. The molecule has 0 unspecified atom stereocenters. The third kappa shape index (κ3) is 3.26. The van der Waals surface area contributed by atoms with Crippen molar-refractivity contribution in [2.45, 2.75) is 57.3 Å². The van der Waals surface area contributed by atoms with Gasteiger partial charge in [-0.05, 0) is 45.2 Å². The van der Waals surface area contributed by atoms with E-state index in [1.54, 1.807) is 18.3 Å². The van der Waals surface area contributed by atoms with Crippen LogP contribution in [0.2, 0.25) is 0 Å². The number of amides is 1. The topological polar surface area (TPSA) is 80.3 Å². The number of carbonyl (C=O) groups excluding carboxylic acids is 2. The average Bonchev–Trinajstić information content (AvgIpc) is 3.28. The summed E-state index contributed by atoms with van der Waals surface area (Å²) < 4.78 is 6.09. The smallest absolute Gasteiger partial charge is 0.348 e. The summed E-state index contributed by atoms with van der Waals surface area (Å²) in [6.45, 7) is 3.64. The van der Waals surface area contributed by atoms with E-state index in [0.717, 1.165) is 22.9 Å². The van der Waals surface area contributed by atoms with E-state index < -0.39 is 0 Å². The minimum atomic E-state index is -0.338. The minimum absolute atomic E-state index is 0.152. The second-order valence-electron chi connectivity index (χ2n) is 7.04. The van der Waals surface area contributed by atoms with E-state index in [1.807, 2.05) is 13.8 Å². The number of hydrogen-bond donors (Lipinski definition) is 2. The fourth-order valence-corrected chi connectivity index (χ4v) is 4.61. The standard InChI is InChI=1S/C18H21N3O3S/c1-9(2)24-18(23)16-5-10-8-19-14(7-15(10)25-16)17(22)21-13-6-11-3-4-12(13)20-11/h5,7-9,11-13,20H,3-4,6H2,1-2H3,(H,21,22)/t11-,12+,13-/m1/s1. The van der Waals surface area contributed by atoms with Crippen molar-refractivity contribution in [3.05, 3.63) is 28.9 Å². The van der Waals surface area contributed by atoms with E-state index in [0.29, 0.717) is 22.7 Å². The fraction of sp³-hybridized carbons (Fsp3) is 0.500. The summed E-state index contributed by atoms with van der Waals surface area (Å²) in [4.78, 5) is 29.3. The Kier molecular flexibility index (Phi) is 4.21. The summed E-state index contributed by atoms with van der Waals surface area (Å²) >= 11 is 1.33. The van der Waals surface area contributed by atoms with Gasteiger partial charge < -0.3 is 15.4 Å². The van der Waals surface area contributed by atoms with Crippen LogP contribution < -0.4 is 10.6 Å². The lowest BCUT2D eigenvalue weighted by Crippen LogP contribution is -2.43. The zero-order valence-corrected chi connectivity index (χ0v) is 15.1. The van der Waals surface area contributed by atoms with Crippen LogP contribution >= 0.6 is 11.3 Å². The van der Waals surface area contributed by atoms with Crippen LogP contribution in [-0.4, -0.2) is 41.1 Å². The van der Waals surface area contributed by atoms with E-state index >= 15 is 0 Å². The molecule has 2 aromatic heterocycles. The van der Waals surface area contributed by atoms with Gasteiger partial charge >= 0.3 is 5.97 Å². The number of esters is 1. The van der Waals surface area contributed by atoms with Crippen molar-refractivity contribution < 1.29 is 14.3 Å². The van der Waals surface area contributed by atoms with Crippen LogP contribution in [0, 0.1) is 0 Å². The molecule has 2 N–H and O–H groups in total. The molecule has 2 fully saturated rings. The molecule has 0 radical (unpaired) electrons. The van der Waals surface area contributed by atoms with E-state index in [9.17, 15) is 9.59 Å². The largest absolute Gasteiger partial charge is 0.459 e. The molecule has 4 rings (SSSR count). The highest BCUT2D eigenvalue weighted by atomic mass is 32.1. The molecular weight excluding hydrogens is 338 g/mol. The number of nitrogens with one attached hydrogen (secondary N) is 2. The van der Waals surface area contributed by atoms with Crippen molar-refractivity contribution in [1.82, 2.24) is 15.6 Å². The number of nitrogens with zero attached hydrogens (tertiary/aromatic N) is 1. The van der Waals surface area contributed by atoms with Crippen LogP contribution in [0.5, 0.6) is 0 Å². The van der Waals surface area contributed by atoms with Crippen LogP contribution in [0.1, 0.15) is 53.3 Å². The number of aromatic nitrogens is 1. The number of thiophene rings is 1. The van der Waals surface area contributed by atoms with Crippen LogP contribution in [0.3, 0.4) is 0 Å². The molecule has 0 aromatic carbocycles. The van der Waals surface area contributed by atoms with Gasteiger partial charge in [-0.3, -0.25) is 9.78 Å². The quantitative estimate of drug-likeness (QED) is 0.820. The summed E-state index contributed by atoms with van der Waals surface area (Å²) in [6, 6.07) is 4.62. The zero-order valence-electron chi connectivity index (χ0n) is 14.2. The molecule has 2 aliphatic heterocycles. The molecule has 7 heteroatoms. The Morgan fingerprint density at radius 1 is 1.36 bits per heavy atom. The third-order valence-electron chi connectivity index (χ3n) is 4.79. The van der Waals surface area contributed by atoms with Gasteiger partial charge in [0.2, 0.25) is 0 Å². The molecule has 132 valence electrons. The van der Waals surface area contributed by atoms with Gasteiger partial charge in [-0.1, -0.05) is 0 Å². The normalized spacial score (nSPS) is 24.8. The predicted molar refractivity (Wildman–Crippen MR) is 96.0 cm³/mol. The zero-order chi connectivity index (χ0) is 17.6. The molecule has 2 aliphatic rings. The predicted octanol–water partition coefficient (Wildman–Crippen LogP) is 2.48. The van der Waals surface area contributed by atoms with E-state index in [1.165, 1.54) is 17.8 Å². The van der Waals surface area contributed by atoms with Crippen LogP contribution in [0.4, 0.5) is 0 Å². The maximum Gasteiger partial charge on any atom is 0.348 e. The number of fused-ring (bicyclic) bond motifs is 3. The Balaban J connectivity index is 1.50. The number of ether oxygens (including phenoxy) is 1. The summed E-state index contributed by atoms with van der Waals surface area (Å²) in [7, 11) is 0. The van der Waals surface area contributed by atoms with Crippen molar-refractivity contribution in [2.24, 2.45) is 0 Å². The van der Waals surface area contributed by atoms with Gasteiger partial charge in [0.15, 0.2) is 0 Å². The van der Waals surface area contributed by atoms with Crippen LogP contribution in [0.15, 0.2) is 18.3 Å². The summed E-state index contributed by atoms with van der Waals surface area (Å²) in [6.07, 6.45) is 4.79. The van der Waals surface area contributed by atoms with Crippen molar-refractivity contribution >= 4 is 33.3 Å². The Morgan fingerprint density at radius 3 is 2.88 bits per heavy atom. The summed E-state index contributed by atoms with van der Waals surface area (Å²) in [5.41, 5.74) is 0.390. The Morgan fingerprint density at radius 2 is 2.20 bits per heavy atom. The molecule has 0 spiro atoms. The lowest BCUT2D eigenvalue weighted by atomic mass is 9.95. The third-order valence-corrected chi connectivity index (χ3v) is 5.87. The van der Waals surface area contributed by atoms with Gasteiger partial charge in [0.1, 0.15) is 10.6 Å². The van der Waals surface area contributed by atoms with E-state index in [-0.39, 0.29) is 24.0 Å². The monoisotopic (exact) mass is 359 g/mol. The Hall–Kier alpha value is -1.99. The van der Waals surface area contributed by atoms with Crippen molar-refractivity contribution in [1.29, 1.82) is 0 Å². The minimum Gasteiger partial charge on any atom is -0.459 e. The maximum absolute atomic E-state index is 12.5. The molecule has 3 atom stereocenters. The number of rotatable bonds is 4. The van der Waals surface area contributed by atoms with Crippen molar-refractivity contribution in [3.63, 3.8) is 0 Å². The maximum atomic E-state index is 12.5. The lowest BCUT2D eigenvalue weighted by molar-refractivity contribution is 0.0384. The first-order chi connectivity index (χ1) is 12.0. The van der Waals surface area contributed by atoms with Gasteiger partial charge in [0, 0.05) is 34.4 Å². The first kappa shape index (κ1) is 16.5. The molecule has 0 saturated carbocycles. The Bertz CT molecular complexity index is 832. The number of hydrogen-bond acceptors (Lipinski definition) is 6. The van der Waals surface area contributed by atoms with E-state index in [2.05, 4.69) is 15.6 Å². The molecular formula is C18H21N3O3S. The molecule has 4 heterocycles. The highest BCUT2D eigenvalue weighted by Gasteiger charge is 2.39. The first-order valence-corrected chi connectivity index (χ1v) is 9.49. The molecule has 2 saturated heterocycles. The average molecular weight is 359 g/mol. The summed E-state index contributed by atoms with van der Waals surface area (Å²) in [5.74, 6) is -0.490. The number of carbonyl (C=O) groups is 2. The first-order valence-electron chi connectivity index (χ1n) is 8.67. The van der Waals surface area contributed by atoms with Crippen molar-refractivity contribution in [2.75, 3.05) is 0 Å². The lowest BCUT2D eigenvalue weighted by Gasteiger charge is -2.21. The van der Waals surface area contributed by atoms with E-state index in [4.69, 9.17) is 4.74 Å². The SMILES string of the molecule is CC(C)OC(=O)c1cc2cnc(C(=O)N[C@@H]3C[C@H]4CC[C@@H]3N4)cc2s1. The van der Waals surface area contributed by atoms with Gasteiger partial charge in [0.05, 0.1) is 6.10 Å². The molecule has 6 nitrogen and oxygen atoms in total. The van der Waals surface area contributed by atoms with Gasteiger partial charge in [-0.25, -0.2) is 4.79 Å². The fourth-order valence-electron chi connectivity index (χ4n) is 3.66. The summed E-state index contributed by atoms with van der Waals surface area (Å²) in [5, 5.41) is 7.45. The second-order valence-corrected chi connectivity index (χ2v) is 8.12. The van der Waals surface area contributed by atoms with Crippen LogP contribution in [-0.2, 0) is 4.74 Å². The number of pyridine rings is 1. The van der Waals surface area contributed by atoms with Gasteiger partial charge in [0.25, 0.3) is 5.91 Å². The Labute approximate surface area is 150 Å². The van der Waals surface area contributed by atoms with Crippen LogP contribution in [0.25, 0.3) is 10.1 Å². The van der Waals surface area contributed by atoms with Gasteiger partial charge in [-0.15, -0.1) is 11.3 Å². The molecule has 25 heavy (non-hydrogen) atoms. The molecule has 2 bridgehead atoms.